The van der Waals surface area contributed by atoms with Gasteiger partial charge in [0.2, 0.25) is 10.6 Å². The van der Waals surface area contributed by atoms with Gasteiger partial charge in [-0.15, -0.1) is 0 Å². The molecule has 0 amide bonds. The van der Waals surface area contributed by atoms with Crippen LogP contribution in [0, 0.1) is 27.4 Å². The highest BCUT2D eigenvalue weighted by Crippen LogP contribution is 2.24. The smallest absolute Gasteiger partial charge is 0.261 e. The Bertz CT molecular complexity index is 1200. The van der Waals surface area contributed by atoms with Gasteiger partial charge in [-0.1, -0.05) is 60.7 Å². The molecule has 0 saturated carbocycles. The first-order valence-electron chi connectivity index (χ1n) is 8.76. The van der Waals surface area contributed by atoms with E-state index in [1.807, 2.05) is 6.07 Å². The SMILES string of the molecule is N#C[C@H](C(=O)/C(=N\Nc1nc(=S)[nH]n1N)[C@H](C#N)c1ccccc1)c1ccccc1. The maximum absolute atomic E-state index is 13.3. The molecule has 10 heteroatoms. The molecule has 9 nitrogen and oxygen atoms in total. The molecule has 1 aromatic heterocycles. The molecule has 30 heavy (non-hydrogen) atoms. The van der Waals surface area contributed by atoms with Crippen LogP contribution in [0.25, 0.3) is 0 Å². The molecule has 3 rings (SSSR count). The molecule has 2 aromatic carbocycles. The van der Waals surface area contributed by atoms with Gasteiger partial charge >= 0.3 is 0 Å². The maximum atomic E-state index is 13.3. The molecular formula is C20H16N8OS. The number of carbonyl (C=O) groups excluding carboxylic acids is 1. The van der Waals surface area contributed by atoms with Crippen molar-refractivity contribution in [2.24, 2.45) is 5.10 Å². The molecule has 0 unspecified atom stereocenters. The van der Waals surface area contributed by atoms with E-state index in [4.69, 9.17) is 18.1 Å². The average molecular weight is 416 g/mol. The molecule has 2 atom stereocenters. The van der Waals surface area contributed by atoms with Crippen LogP contribution in [0.4, 0.5) is 5.95 Å². The van der Waals surface area contributed by atoms with Crippen molar-refractivity contribution in [2.75, 3.05) is 11.3 Å². The molecule has 0 fully saturated rings. The lowest BCUT2D eigenvalue weighted by atomic mass is 9.86. The third kappa shape index (κ3) is 4.41. The Morgan fingerprint density at radius 1 is 1.07 bits per heavy atom. The van der Waals surface area contributed by atoms with Crippen molar-refractivity contribution in [3.05, 3.63) is 76.6 Å². The Hall–Kier alpha value is -4.28. The number of carbonyl (C=O) groups is 1. The van der Waals surface area contributed by atoms with Crippen LogP contribution >= 0.6 is 12.2 Å². The number of nitrogens with zero attached hydrogens (tertiary/aromatic N) is 5. The number of aromatic nitrogens is 3. The number of anilines is 1. The largest absolute Gasteiger partial charge is 0.321 e. The second-order valence-electron chi connectivity index (χ2n) is 6.14. The first-order chi connectivity index (χ1) is 14.5. The number of nitriles is 2. The first kappa shape index (κ1) is 20.5. The maximum Gasteiger partial charge on any atom is 0.261 e. The standard InChI is InChI=1S/C20H16N8OS/c21-11-15(13-7-3-1-4-8-13)17(25-26-19-24-20(30)27-28(19)23)18(29)16(12-22)14-9-5-2-6-10-14/h1-10,15-16H,23H2,(H2,24,26,27,30)/b25-17-/t15-,16+/m1/s1. The third-order valence-electron chi connectivity index (χ3n) is 4.24. The fraction of sp³-hybridized carbons (Fsp3) is 0.100. The Labute approximate surface area is 177 Å². The summed E-state index contributed by atoms with van der Waals surface area (Å²) in [4.78, 5) is 18.3. The second kappa shape index (κ2) is 9.28. The van der Waals surface area contributed by atoms with Gasteiger partial charge in [0.05, 0.1) is 12.1 Å². The van der Waals surface area contributed by atoms with E-state index in [-0.39, 0.29) is 16.4 Å². The number of hydrogen-bond acceptors (Lipinski definition) is 8. The fourth-order valence-corrected chi connectivity index (χ4v) is 2.98. The predicted octanol–water partition coefficient (Wildman–Crippen LogP) is 2.61. The highest BCUT2D eigenvalue weighted by molar-refractivity contribution is 7.71. The zero-order chi connectivity index (χ0) is 21.5. The van der Waals surface area contributed by atoms with Gasteiger partial charge in [0.25, 0.3) is 5.95 Å². The molecule has 0 aliphatic carbocycles. The van der Waals surface area contributed by atoms with Crippen LogP contribution in [0.1, 0.15) is 23.0 Å². The number of rotatable bonds is 7. The minimum absolute atomic E-state index is 0.0447. The molecule has 0 bridgehead atoms. The zero-order valence-corrected chi connectivity index (χ0v) is 16.4. The van der Waals surface area contributed by atoms with Gasteiger partial charge in [0.15, 0.2) is 0 Å². The quantitative estimate of drug-likeness (QED) is 0.232. The van der Waals surface area contributed by atoms with Gasteiger partial charge in [-0.25, -0.2) is 5.43 Å². The van der Waals surface area contributed by atoms with Crippen LogP contribution in [-0.4, -0.2) is 26.4 Å². The summed E-state index contributed by atoms with van der Waals surface area (Å²) < 4.78 is 0.113. The second-order valence-corrected chi connectivity index (χ2v) is 6.53. The van der Waals surface area contributed by atoms with Gasteiger partial charge in [0, 0.05) is 0 Å². The van der Waals surface area contributed by atoms with Crippen molar-refractivity contribution < 1.29 is 4.79 Å². The van der Waals surface area contributed by atoms with Gasteiger partial charge in [0.1, 0.15) is 17.5 Å². The molecule has 0 spiro atoms. The van der Waals surface area contributed by atoms with Crippen molar-refractivity contribution >= 4 is 29.7 Å². The van der Waals surface area contributed by atoms with E-state index in [2.05, 4.69) is 26.7 Å². The van der Waals surface area contributed by atoms with Crippen molar-refractivity contribution in [2.45, 2.75) is 11.8 Å². The summed E-state index contributed by atoms with van der Waals surface area (Å²) in [5.74, 6) is 2.99. The van der Waals surface area contributed by atoms with Crippen LogP contribution in [-0.2, 0) is 4.79 Å². The zero-order valence-electron chi connectivity index (χ0n) is 15.6. The fourth-order valence-electron chi connectivity index (χ4n) is 2.80. The summed E-state index contributed by atoms with van der Waals surface area (Å²) in [7, 11) is 0. The van der Waals surface area contributed by atoms with Crippen molar-refractivity contribution in [1.29, 1.82) is 10.5 Å². The Morgan fingerprint density at radius 2 is 1.60 bits per heavy atom. The third-order valence-corrected chi connectivity index (χ3v) is 4.42. The van der Waals surface area contributed by atoms with E-state index >= 15 is 0 Å². The van der Waals surface area contributed by atoms with Crippen molar-refractivity contribution in [3.63, 3.8) is 0 Å². The van der Waals surface area contributed by atoms with E-state index in [9.17, 15) is 15.3 Å². The molecule has 0 saturated heterocycles. The van der Waals surface area contributed by atoms with E-state index in [0.717, 1.165) is 4.79 Å². The molecule has 1 heterocycles. The number of H-pyrrole nitrogens is 1. The van der Waals surface area contributed by atoms with Crippen molar-refractivity contribution in [3.8, 4) is 12.1 Å². The molecule has 148 valence electrons. The monoisotopic (exact) mass is 416 g/mol. The molecule has 0 aliphatic heterocycles. The molecule has 0 radical (unpaired) electrons. The lowest BCUT2D eigenvalue weighted by Crippen LogP contribution is -2.28. The number of nitrogen functional groups attached to an aromatic ring is 1. The number of hydrogen-bond donors (Lipinski definition) is 3. The van der Waals surface area contributed by atoms with Crippen LogP contribution in [0.3, 0.4) is 0 Å². The van der Waals surface area contributed by atoms with E-state index in [1.165, 1.54) is 0 Å². The summed E-state index contributed by atoms with van der Waals surface area (Å²) in [6, 6.07) is 21.4. The number of ketones is 1. The van der Waals surface area contributed by atoms with E-state index in [1.54, 1.807) is 60.7 Å². The molecular weight excluding hydrogens is 400 g/mol. The Kier molecular flexibility index (Phi) is 6.33. The van der Waals surface area contributed by atoms with Crippen LogP contribution in [0.5, 0.6) is 0 Å². The summed E-state index contributed by atoms with van der Waals surface area (Å²) >= 11 is 4.91. The van der Waals surface area contributed by atoms with Gasteiger partial charge < -0.3 is 5.84 Å². The topological polar surface area (TPSA) is 149 Å². The number of nitrogens with two attached hydrogens (primary N) is 1. The highest BCUT2D eigenvalue weighted by Gasteiger charge is 2.32. The average Bonchev–Trinajstić information content (AvgIpc) is 3.09. The predicted molar refractivity (Wildman–Crippen MR) is 113 cm³/mol. The highest BCUT2D eigenvalue weighted by atomic mass is 32.1. The summed E-state index contributed by atoms with van der Waals surface area (Å²) in [5.41, 5.74) is 3.48. The summed E-state index contributed by atoms with van der Waals surface area (Å²) in [6.45, 7) is 0. The molecule has 0 aliphatic rings. The van der Waals surface area contributed by atoms with Gasteiger partial charge in [-0.05, 0) is 23.3 Å². The number of benzene rings is 2. The number of nitrogens with one attached hydrogen (secondary N) is 2. The molecule has 3 aromatic rings. The van der Waals surface area contributed by atoms with E-state index in [0.29, 0.717) is 11.1 Å². The Morgan fingerprint density at radius 3 is 2.07 bits per heavy atom. The number of Topliss-reactive ketones (excluding diaryl/α,β-unsaturated/α-hetero) is 1. The van der Waals surface area contributed by atoms with Crippen LogP contribution in [0.2, 0.25) is 0 Å². The van der Waals surface area contributed by atoms with Crippen LogP contribution < -0.4 is 11.3 Å². The minimum Gasteiger partial charge on any atom is -0.321 e. The van der Waals surface area contributed by atoms with E-state index < -0.39 is 17.6 Å². The lowest BCUT2D eigenvalue weighted by molar-refractivity contribution is -0.113. The lowest BCUT2D eigenvalue weighted by Gasteiger charge is -2.15. The number of hydrazone groups is 1. The summed E-state index contributed by atoms with van der Waals surface area (Å²) in [5, 5.41) is 26.2. The Balaban J connectivity index is 2.06. The number of aromatic amines is 1. The minimum atomic E-state index is -1.13. The van der Waals surface area contributed by atoms with Gasteiger partial charge in [-0.2, -0.15) is 25.4 Å². The normalized spacial score (nSPS) is 12.9. The van der Waals surface area contributed by atoms with Gasteiger partial charge in [-0.3, -0.25) is 9.89 Å². The first-order valence-corrected chi connectivity index (χ1v) is 9.17. The van der Waals surface area contributed by atoms with Crippen LogP contribution in [0.15, 0.2) is 65.8 Å². The summed E-state index contributed by atoms with van der Waals surface area (Å²) in [6.07, 6.45) is 0. The molecule has 4 N–H and O–H groups in total. The van der Waals surface area contributed by atoms with Crippen molar-refractivity contribution in [1.82, 2.24) is 14.9 Å².